The summed E-state index contributed by atoms with van der Waals surface area (Å²) in [7, 11) is 0. The average Bonchev–Trinajstić information content (AvgIpc) is 3.13. The predicted molar refractivity (Wildman–Crippen MR) is 76.9 cm³/mol. The lowest BCUT2D eigenvalue weighted by Gasteiger charge is -2.27. The summed E-state index contributed by atoms with van der Waals surface area (Å²) in [6, 6.07) is 1.30. The first-order valence-electron chi connectivity index (χ1n) is 8.21. The second kappa shape index (κ2) is 5.43. The summed E-state index contributed by atoms with van der Waals surface area (Å²) in [5, 5.41) is 3.64. The van der Waals surface area contributed by atoms with Crippen molar-refractivity contribution in [1.29, 1.82) is 0 Å². The molecule has 1 aliphatic heterocycles. The van der Waals surface area contributed by atoms with Gasteiger partial charge in [0.1, 0.15) is 0 Å². The van der Waals surface area contributed by atoms with Crippen molar-refractivity contribution >= 4 is 5.91 Å². The molecule has 1 amide bonds. The highest BCUT2D eigenvalue weighted by atomic mass is 16.2. The van der Waals surface area contributed by atoms with Crippen molar-refractivity contribution in [2.24, 2.45) is 11.8 Å². The zero-order chi connectivity index (χ0) is 13.4. The topological polar surface area (TPSA) is 32.3 Å². The van der Waals surface area contributed by atoms with Crippen LogP contribution >= 0.6 is 0 Å². The van der Waals surface area contributed by atoms with Crippen LogP contribution < -0.4 is 5.32 Å². The fourth-order valence-electron chi connectivity index (χ4n) is 3.91. The molecule has 1 saturated heterocycles. The Morgan fingerprint density at radius 1 is 1.21 bits per heavy atom. The van der Waals surface area contributed by atoms with Gasteiger partial charge < -0.3 is 10.2 Å². The van der Waals surface area contributed by atoms with Crippen LogP contribution in [0.25, 0.3) is 0 Å². The summed E-state index contributed by atoms with van der Waals surface area (Å²) in [5.41, 5.74) is 0. The number of nitrogens with one attached hydrogen (secondary N) is 1. The predicted octanol–water partition coefficient (Wildman–Crippen LogP) is 2.55. The molecule has 2 aliphatic carbocycles. The van der Waals surface area contributed by atoms with Gasteiger partial charge in [-0.25, -0.2) is 0 Å². The van der Waals surface area contributed by atoms with E-state index in [1.807, 2.05) is 0 Å². The van der Waals surface area contributed by atoms with Gasteiger partial charge >= 0.3 is 0 Å². The van der Waals surface area contributed by atoms with Crippen molar-refractivity contribution in [2.75, 3.05) is 6.54 Å². The smallest absolute Gasteiger partial charge is 0.239 e. The number of rotatable bonds is 4. The summed E-state index contributed by atoms with van der Waals surface area (Å²) in [6.45, 7) is 5.37. The monoisotopic (exact) mass is 264 g/mol. The highest BCUT2D eigenvalue weighted by Gasteiger charge is 2.42. The summed E-state index contributed by atoms with van der Waals surface area (Å²) in [5.74, 6) is 1.74. The summed E-state index contributed by atoms with van der Waals surface area (Å²) in [6.07, 6.45) is 8.84. The first kappa shape index (κ1) is 13.4. The Morgan fingerprint density at radius 2 is 1.95 bits per heavy atom. The van der Waals surface area contributed by atoms with E-state index in [4.69, 9.17) is 0 Å². The minimum absolute atomic E-state index is 0.118. The van der Waals surface area contributed by atoms with Crippen LogP contribution in [0.1, 0.15) is 58.8 Å². The van der Waals surface area contributed by atoms with Crippen LogP contribution in [0.4, 0.5) is 0 Å². The molecular weight excluding hydrogens is 236 g/mol. The second-order valence-corrected chi connectivity index (χ2v) is 7.22. The highest BCUT2D eigenvalue weighted by Crippen LogP contribution is 2.35. The molecule has 19 heavy (non-hydrogen) atoms. The zero-order valence-corrected chi connectivity index (χ0v) is 12.4. The van der Waals surface area contributed by atoms with Crippen molar-refractivity contribution < 1.29 is 4.79 Å². The largest absolute Gasteiger partial charge is 0.338 e. The molecule has 2 saturated carbocycles. The SMILES string of the molecule is CC(C)CN(C(=O)C1CC2CCCCC2N1)C1CC1. The van der Waals surface area contributed by atoms with E-state index in [1.165, 1.54) is 38.5 Å². The highest BCUT2D eigenvalue weighted by molar-refractivity contribution is 5.83. The van der Waals surface area contributed by atoms with Gasteiger partial charge in [-0.2, -0.15) is 0 Å². The number of carbonyl (C=O) groups is 1. The van der Waals surface area contributed by atoms with E-state index >= 15 is 0 Å². The maximum absolute atomic E-state index is 12.8. The molecule has 3 fully saturated rings. The molecule has 3 aliphatic rings. The van der Waals surface area contributed by atoms with Gasteiger partial charge in [0, 0.05) is 18.6 Å². The maximum atomic E-state index is 12.8. The van der Waals surface area contributed by atoms with Gasteiger partial charge in [-0.1, -0.05) is 26.7 Å². The third kappa shape index (κ3) is 2.96. The number of hydrogen-bond donors (Lipinski definition) is 1. The van der Waals surface area contributed by atoms with Gasteiger partial charge in [0.05, 0.1) is 6.04 Å². The summed E-state index contributed by atoms with van der Waals surface area (Å²) in [4.78, 5) is 14.9. The van der Waals surface area contributed by atoms with Gasteiger partial charge in [0.2, 0.25) is 5.91 Å². The first-order valence-corrected chi connectivity index (χ1v) is 8.21. The van der Waals surface area contributed by atoms with Gasteiger partial charge in [-0.15, -0.1) is 0 Å². The van der Waals surface area contributed by atoms with E-state index < -0.39 is 0 Å². The Bertz CT molecular complexity index is 324. The molecule has 0 aromatic carbocycles. The molecule has 3 heteroatoms. The Morgan fingerprint density at radius 3 is 2.58 bits per heavy atom. The van der Waals surface area contributed by atoms with E-state index in [1.54, 1.807) is 0 Å². The Balaban J connectivity index is 1.62. The van der Waals surface area contributed by atoms with Gasteiger partial charge in [0.25, 0.3) is 0 Å². The Labute approximate surface area is 117 Å². The van der Waals surface area contributed by atoms with E-state index in [2.05, 4.69) is 24.1 Å². The van der Waals surface area contributed by atoms with Crippen molar-refractivity contribution in [3.63, 3.8) is 0 Å². The third-order valence-electron chi connectivity index (χ3n) is 4.99. The number of fused-ring (bicyclic) bond motifs is 1. The molecule has 3 rings (SSSR count). The number of hydrogen-bond acceptors (Lipinski definition) is 2. The van der Waals surface area contributed by atoms with Crippen molar-refractivity contribution in [2.45, 2.75) is 76.9 Å². The van der Waals surface area contributed by atoms with Crippen molar-refractivity contribution in [3.05, 3.63) is 0 Å². The maximum Gasteiger partial charge on any atom is 0.239 e. The van der Waals surface area contributed by atoms with Crippen LogP contribution in [0.3, 0.4) is 0 Å². The molecule has 0 aromatic heterocycles. The summed E-state index contributed by atoms with van der Waals surface area (Å²) < 4.78 is 0. The van der Waals surface area contributed by atoms with E-state index in [9.17, 15) is 4.79 Å². The van der Waals surface area contributed by atoms with Crippen molar-refractivity contribution in [1.82, 2.24) is 10.2 Å². The molecule has 3 atom stereocenters. The standard InChI is InChI=1S/C16H28N2O/c1-11(2)10-18(13-7-8-13)16(19)15-9-12-5-3-4-6-14(12)17-15/h11-15,17H,3-10H2,1-2H3. The second-order valence-electron chi connectivity index (χ2n) is 7.22. The lowest BCUT2D eigenvalue weighted by atomic mass is 9.85. The van der Waals surface area contributed by atoms with Crippen LogP contribution in [0.15, 0.2) is 0 Å². The molecule has 1 N–H and O–H groups in total. The molecule has 0 radical (unpaired) electrons. The lowest BCUT2D eigenvalue weighted by Crippen LogP contribution is -2.47. The van der Waals surface area contributed by atoms with E-state index in [0.717, 1.165) is 18.9 Å². The molecule has 1 heterocycles. The van der Waals surface area contributed by atoms with Gasteiger partial charge in [-0.3, -0.25) is 4.79 Å². The quantitative estimate of drug-likeness (QED) is 0.846. The average molecular weight is 264 g/mol. The molecule has 0 spiro atoms. The van der Waals surface area contributed by atoms with Gasteiger partial charge in [-0.05, 0) is 43.9 Å². The van der Waals surface area contributed by atoms with E-state index in [0.29, 0.717) is 23.9 Å². The Kier molecular flexibility index (Phi) is 3.84. The molecular formula is C16H28N2O. The molecule has 3 nitrogen and oxygen atoms in total. The number of nitrogens with zero attached hydrogens (tertiary/aromatic N) is 1. The van der Waals surface area contributed by atoms with Crippen LogP contribution in [0.5, 0.6) is 0 Å². The molecule has 108 valence electrons. The molecule has 0 aromatic rings. The van der Waals surface area contributed by atoms with Crippen LogP contribution in [-0.2, 0) is 4.79 Å². The number of carbonyl (C=O) groups excluding carboxylic acids is 1. The van der Waals surface area contributed by atoms with Crippen LogP contribution in [-0.4, -0.2) is 35.5 Å². The van der Waals surface area contributed by atoms with Crippen molar-refractivity contribution in [3.8, 4) is 0 Å². The summed E-state index contributed by atoms with van der Waals surface area (Å²) >= 11 is 0. The van der Waals surface area contributed by atoms with Gasteiger partial charge in [0.15, 0.2) is 0 Å². The van der Waals surface area contributed by atoms with E-state index in [-0.39, 0.29) is 6.04 Å². The Hall–Kier alpha value is -0.570. The molecule has 3 unspecified atom stereocenters. The minimum atomic E-state index is 0.118. The zero-order valence-electron chi connectivity index (χ0n) is 12.4. The first-order chi connectivity index (χ1) is 9.15. The fraction of sp³-hybridized carbons (Fsp3) is 0.938. The third-order valence-corrected chi connectivity index (χ3v) is 4.99. The molecule has 0 bridgehead atoms. The number of amides is 1. The lowest BCUT2D eigenvalue weighted by molar-refractivity contribution is -0.134. The minimum Gasteiger partial charge on any atom is -0.338 e. The fourth-order valence-corrected chi connectivity index (χ4v) is 3.91. The normalized spacial score (nSPS) is 34.4. The van der Waals surface area contributed by atoms with Crippen LogP contribution in [0, 0.1) is 11.8 Å². The van der Waals surface area contributed by atoms with Crippen LogP contribution in [0.2, 0.25) is 0 Å².